The number of hydrogen-bond donors (Lipinski definition) is 2. The van der Waals surface area contributed by atoms with Gasteiger partial charge in [0.15, 0.2) is 11.3 Å². The molecule has 8 bridgehead atoms. The van der Waals surface area contributed by atoms with Crippen molar-refractivity contribution in [1.29, 1.82) is 0 Å². The van der Waals surface area contributed by atoms with Crippen LogP contribution in [0.4, 0.5) is 0 Å². The lowest BCUT2D eigenvalue weighted by atomic mass is 10.1. The third-order valence-electron chi connectivity index (χ3n) is 7.35. The Morgan fingerprint density at radius 1 is 0.919 bits per heavy atom. The Morgan fingerprint density at radius 3 is 2.70 bits per heavy atom. The third kappa shape index (κ3) is 3.15. The van der Waals surface area contributed by atoms with Crippen molar-refractivity contribution >= 4 is 81.7 Å². The number of rotatable bonds is 1. The molecular weight excluding hydrogens is 484 g/mol. The quantitative estimate of drug-likeness (QED) is 0.281. The van der Waals surface area contributed by atoms with E-state index in [1.54, 1.807) is 36.1 Å². The summed E-state index contributed by atoms with van der Waals surface area (Å²) in [6.07, 6.45) is 13.0. The normalized spacial score (nSPS) is 14.6. The Kier molecular flexibility index (Phi) is 4.36. The molecule has 7 aromatic rings. The highest BCUT2D eigenvalue weighted by molar-refractivity contribution is 7.24. The standard InChI is InChI=1S/C27H20N8OS/c36-27(14-3-1-2-4-14)35-17-7-15(9-28-11-17)16-8-18-24(33-34-25(18)30-10-16)26-31-20-13-29-12-19(23(20)32-26)21-5-6-22(35)37-21/h5-14H,1-4H2,(H,31,32)(H,30,33,34). The van der Waals surface area contributed by atoms with Crippen molar-refractivity contribution in [3.8, 4) is 0 Å². The molecule has 0 radical (unpaired) electrons. The van der Waals surface area contributed by atoms with Gasteiger partial charge in [-0.3, -0.25) is 24.4 Å². The number of hydrogen-bond acceptors (Lipinski definition) is 7. The topological polar surface area (TPSA) is 118 Å². The highest BCUT2D eigenvalue weighted by Gasteiger charge is 2.25. The molecule has 7 heterocycles. The van der Waals surface area contributed by atoms with E-state index in [1.165, 1.54) is 0 Å². The van der Waals surface area contributed by atoms with Crippen molar-refractivity contribution in [2.45, 2.75) is 25.7 Å². The average Bonchev–Trinajstić information content (AvgIpc) is 3.73. The molecule has 7 aromatic heterocycles. The van der Waals surface area contributed by atoms with Crippen LogP contribution in [0.25, 0.3) is 64.4 Å². The zero-order valence-electron chi connectivity index (χ0n) is 19.6. The number of carbonyl (C=O) groups is 1. The molecule has 0 spiro atoms. The molecule has 1 aliphatic carbocycles. The van der Waals surface area contributed by atoms with Crippen LogP contribution in [0, 0.1) is 5.92 Å². The van der Waals surface area contributed by atoms with Crippen LogP contribution in [0.15, 0.2) is 55.2 Å². The van der Waals surface area contributed by atoms with Crippen molar-refractivity contribution in [3.05, 3.63) is 55.2 Å². The van der Waals surface area contributed by atoms with Crippen LogP contribution in [-0.2, 0) is 0 Å². The van der Waals surface area contributed by atoms with E-state index in [-0.39, 0.29) is 11.8 Å². The van der Waals surface area contributed by atoms with Crippen LogP contribution >= 0.6 is 11.3 Å². The highest BCUT2D eigenvalue weighted by Crippen LogP contribution is 2.32. The van der Waals surface area contributed by atoms with Crippen LogP contribution in [0.3, 0.4) is 0 Å². The van der Waals surface area contributed by atoms with Gasteiger partial charge in [-0.15, -0.1) is 11.3 Å². The lowest BCUT2D eigenvalue weighted by Gasteiger charge is -2.12. The molecule has 10 heteroatoms. The summed E-state index contributed by atoms with van der Waals surface area (Å²) in [5.74, 6) is 0.139. The molecule has 8 rings (SSSR count). The summed E-state index contributed by atoms with van der Waals surface area (Å²) in [7, 11) is 0. The van der Waals surface area contributed by atoms with E-state index in [2.05, 4.69) is 30.1 Å². The number of pyridine rings is 3. The molecule has 1 fully saturated rings. The fourth-order valence-corrected chi connectivity index (χ4v) is 6.53. The zero-order chi connectivity index (χ0) is 24.5. The number of aromatic amines is 2. The first-order valence-electron chi connectivity index (χ1n) is 12.3. The molecule has 0 aliphatic heterocycles. The smallest absolute Gasteiger partial charge is 0.235 e. The monoisotopic (exact) mass is 504 g/mol. The van der Waals surface area contributed by atoms with E-state index < -0.39 is 0 Å². The largest absolute Gasteiger partial charge is 0.335 e. The number of carbonyl (C=O) groups excluding carboxylic acids is 1. The van der Waals surface area contributed by atoms with Crippen molar-refractivity contribution in [3.63, 3.8) is 0 Å². The lowest BCUT2D eigenvalue weighted by Crippen LogP contribution is -2.19. The molecule has 180 valence electrons. The second kappa shape index (κ2) is 7.78. The Labute approximate surface area is 212 Å². The van der Waals surface area contributed by atoms with Crippen molar-refractivity contribution < 1.29 is 4.79 Å². The average molecular weight is 505 g/mol. The van der Waals surface area contributed by atoms with Gasteiger partial charge in [-0.25, -0.2) is 9.97 Å². The number of imidazole rings is 1. The zero-order valence-corrected chi connectivity index (χ0v) is 20.4. The van der Waals surface area contributed by atoms with Gasteiger partial charge in [0, 0.05) is 45.4 Å². The van der Waals surface area contributed by atoms with E-state index in [0.717, 1.165) is 73.3 Å². The molecule has 0 amide bonds. The van der Waals surface area contributed by atoms with Gasteiger partial charge in [-0.05, 0) is 37.1 Å². The number of H-pyrrole nitrogens is 2. The molecule has 0 saturated heterocycles. The van der Waals surface area contributed by atoms with Gasteiger partial charge >= 0.3 is 0 Å². The summed E-state index contributed by atoms with van der Waals surface area (Å²) >= 11 is 1.56. The van der Waals surface area contributed by atoms with Crippen molar-refractivity contribution in [2.24, 2.45) is 5.92 Å². The van der Waals surface area contributed by atoms with Crippen LogP contribution in [0.5, 0.6) is 0 Å². The third-order valence-corrected chi connectivity index (χ3v) is 8.46. The fourth-order valence-electron chi connectivity index (χ4n) is 5.49. The van der Waals surface area contributed by atoms with E-state index in [0.29, 0.717) is 16.8 Å². The first kappa shape index (κ1) is 20.7. The molecular formula is C27H20N8OS. The maximum Gasteiger partial charge on any atom is 0.235 e. The molecule has 1 aliphatic rings. The van der Waals surface area contributed by atoms with Crippen molar-refractivity contribution in [2.75, 3.05) is 0 Å². The van der Waals surface area contributed by atoms with Gasteiger partial charge in [0.2, 0.25) is 5.91 Å². The predicted octanol–water partition coefficient (Wildman–Crippen LogP) is 6.05. The number of fused-ring (bicyclic) bond motifs is 9. The van der Waals surface area contributed by atoms with Crippen LogP contribution in [-0.4, -0.2) is 45.6 Å². The molecule has 37 heavy (non-hydrogen) atoms. The predicted molar refractivity (Wildman–Crippen MR) is 145 cm³/mol. The number of thiophene rings is 1. The van der Waals surface area contributed by atoms with Gasteiger partial charge in [-0.2, -0.15) is 5.10 Å². The molecule has 0 aromatic carbocycles. The van der Waals surface area contributed by atoms with Crippen molar-refractivity contribution in [1.82, 2.24) is 39.7 Å². The second-order valence-electron chi connectivity index (χ2n) is 9.59. The van der Waals surface area contributed by atoms with E-state index in [9.17, 15) is 4.79 Å². The second-order valence-corrected chi connectivity index (χ2v) is 10.6. The maximum atomic E-state index is 13.9. The molecule has 0 unspecified atom stereocenters. The summed E-state index contributed by atoms with van der Waals surface area (Å²) in [6.45, 7) is 0. The van der Waals surface area contributed by atoms with E-state index >= 15 is 0 Å². The van der Waals surface area contributed by atoms with E-state index in [4.69, 9.17) is 4.98 Å². The van der Waals surface area contributed by atoms with Gasteiger partial charge in [-0.1, -0.05) is 12.8 Å². The number of nitrogens with zero attached hydrogens (tertiary/aromatic N) is 6. The first-order chi connectivity index (χ1) is 18.2. The van der Waals surface area contributed by atoms with Gasteiger partial charge in [0.1, 0.15) is 15.9 Å². The SMILES string of the molecule is O=C(C1CCCC1)n1c2cncc(c2)c2cnc3[nH]nc(c4nc5c(cncc5c5ccc1s5)[nH]4)c3c2. The van der Waals surface area contributed by atoms with Gasteiger partial charge in [0.25, 0.3) is 0 Å². The fraction of sp³-hybridized carbons (Fsp3) is 0.185. The van der Waals surface area contributed by atoms with Gasteiger partial charge < -0.3 is 4.98 Å². The van der Waals surface area contributed by atoms with Gasteiger partial charge in [0.05, 0.1) is 28.8 Å². The Hall–Kier alpha value is -4.44. The Balaban J connectivity index is 1.60. The van der Waals surface area contributed by atoms with Crippen LogP contribution < -0.4 is 0 Å². The van der Waals surface area contributed by atoms with Crippen LogP contribution in [0.2, 0.25) is 0 Å². The minimum atomic E-state index is 0.0155. The Morgan fingerprint density at radius 2 is 1.78 bits per heavy atom. The summed E-state index contributed by atoms with van der Waals surface area (Å²) in [4.78, 5) is 36.7. The highest BCUT2D eigenvalue weighted by atomic mass is 32.1. The number of aromatic nitrogens is 8. The summed E-state index contributed by atoms with van der Waals surface area (Å²) in [5, 5.41) is 11.1. The Bertz CT molecular complexity index is 2090. The number of nitrogens with one attached hydrogen (secondary N) is 2. The minimum Gasteiger partial charge on any atom is -0.335 e. The molecule has 9 nitrogen and oxygen atoms in total. The maximum absolute atomic E-state index is 13.9. The molecule has 0 atom stereocenters. The lowest BCUT2D eigenvalue weighted by molar-refractivity contribution is 0.0847. The summed E-state index contributed by atoms with van der Waals surface area (Å²) in [6, 6.07) is 8.12. The molecule has 1 saturated carbocycles. The van der Waals surface area contributed by atoms with Crippen LogP contribution in [0.1, 0.15) is 30.5 Å². The minimum absolute atomic E-state index is 0.0155. The molecule has 2 N–H and O–H groups in total. The summed E-state index contributed by atoms with van der Waals surface area (Å²) in [5.41, 5.74) is 4.39. The summed E-state index contributed by atoms with van der Waals surface area (Å²) < 4.78 is 2.84. The van der Waals surface area contributed by atoms with E-state index in [1.807, 2.05) is 35.0 Å². The first-order valence-corrected chi connectivity index (χ1v) is 13.1.